The summed E-state index contributed by atoms with van der Waals surface area (Å²) in [5, 5.41) is 10.6. The third kappa shape index (κ3) is 4.22. The first-order chi connectivity index (χ1) is 12.5. The largest absolute Gasteiger partial charge is 0.348 e. The second-order valence-corrected chi connectivity index (χ2v) is 7.97. The molecular formula is C18H21ClN4O2S. The van der Waals surface area contributed by atoms with Crippen molar-refractivity contribution in [3.8, 4) is 5.69 Å². The average molecular weight is 393 g/mol. The van der Waals surface area contributed by atoms with E-state index in [9.17, 15) is 9.59 Å². The van der Waals surface area contributed by atoms with Crippen LogP contribution in [0.25, 0.3) is 5.69 Å². The molecule has 1 aromatic heterocycles. The van der Waals surface area contributed by atoms with E-state index in [-0.39, 0.29) is 0 Å². The summed E-state index contributed by atoms with van der Waals surface area (Å²) in [6, 6.07) is 7.19. The summed E-state index contributed by atoms with van der Waals surface area (Å²) in [7, 11) is 0. The van der Waals surface area contributed by atoms with E-state index < -0.39 is 11.8 Å². The Labute approximate surface area is 161 Å². The van der Waals surface area contributed by atoms with E-state index in [1.54, 1.807) is 28.6 Å². The molecular weight excluding hydrogens is 372 g/mol. The quantitative estimate of drug-likeness (QED) is 0.765. The number of benzene rings is 1. The van der Waals surface area contributed by atoms with E-state index >= 15 is 0 Å². The number of carbonyl (C=O) groups excluding carboxylic acids is 2. The van der Waals surface area contributed by atoms with E-state index in [2.05, 4.69) is 29.6 Å². The minimum Gasteiger partial charge on any atom is -0.348 e. The SMILES string of the molecule is CC(C)CCNC(=O)C(=O)Nc1c2c(nn1-c1ccc(Cl)cc1)CSC2. The molecule has 2 N–H and O–H groups in total. The van der Waals surface area contributed by atoms with Gasteiger partial charge in [-0.2, -0.15) is 16.9 Å². The molecule has 0 saturated heterocycles. The van der Waals surface area contributed by atoms with Gasteiger partial charge in [-0.15, -0.1) is 0 Å². The molecule has 6 nitrogen and oxygen atoms in total. The van der Waals surface area contributed by atoms with Crippen LogP contribution in [0.5, 0.6) is 0 Å². The summed E-state index contributed by atoms with van der Waals surface area (Å²) in [5.41, 5.74) is 2.68. The molecule has 3 rings (SSSR count). The number of hydrogen-bond acceptors (Lipinski definition) is 4. The maximum Gasteiger partial charge on any atom is 0.314 e. The fraction of sp³-hybridized carbons (Fsp3) is 0.389. The van der Waals surface area contributed by atoms with Gasteiger partial charge in [0.1, 0.15) is 5.82 Å². The monoisotopic (exact) mass is 392 g/mol. The lowest BCUT2D eigenvalue weighted by atomic mass is 10.1. The maximum absolute atomic E-state index is 12.3. The number of rotatable bonds is 5. The van der Waals surface area contributed by atoms with Crippen molar-refractivity contribution in [2.24, 2.45) is 5.92 Å². The van der Waals surface area contributed by atoms with Crippen molar-refractivity contribution in [1.29, 1.82) is 0 Å². The molecule has 0 aliphatic carbocycles. The summed E-state index contributed by atoms with van der Waals surface area (Å²) in [5.74, 6) is 1.26. The van der Waals surface area contributed by atoms with Crippen molar-refractivity contribution in [2.45, 2.75) is 31.8 Å². The van der Waals surface area contributed by atoms with Gasteiger partial charge in [-0.3, -0.25) is 9.59 Å². The molecule has 138 valence electrons. The van der Waals surface area contributed by atoms with Crippen LogP contribution in [0.15, 0.2) is 24.3 Å². The van der Waals surface area contributed by atoms with Crippen LogP contribution < -0.4 is 10.6 Å². The van der Waals surface area contributed by atoms with Gasteiger partial charge in [0.05, 0.1) is 11.4 Å². The smallest absolute Gasteiger partial charge is 0.314 e. The third-order valence-corrected chi connectivity index (χ3v) is 5.29. The molecule has 2 amide bonds. The van der Waals surface area contributed by atoms with Gasteiger partial charge in [-0.1, -0.05) is 25.4 Å². The van der Waals surface area contributed by atoms with Gasteiger partial charge in [0.15, 0.2) is 0 Å². The summed E-state index contributed by atoms with van der Waals surface area (Å²) in [6.45, 7) is 4.62. The van der Waals surface area contributed by atoms with Crippen LogP contribution in [0.2, 0.25) is 5.02 Å². The Morgan fingerprint density at radius 1 is 1.23 bits per heavy atom. The fourth-order valence-electron chi connectivity index (χ4n) is 2.63. The van der Waals surface area contributed by atoms with E-state index in [0.717, 1.165) is 34.9 Å². The van der Waals surface area contributed by atoms with Gasteiger partial charge in [-0.25, -0.2) is 4.68 Å². The highest BCUT2D eigenvalue weighted by atomic mass is 35.5. The second-order valence-electron chi connectivity index (χ2n) is 6.55. The first-order valence-corrected chi connectivity index (χ1v) is 10.0. The number of anilines is 1. The van der Waals surface area contributed by atoms with Gasteiger partial charge >= 0.3 is 11.8 Å². The van der Waals surface area contributed by atoms with Crippen LogP contribution in [-0.4, -0.2) is 28.1 Å². The van der Waals surface area contributed by atoms with Crippen molar-refractivity contribution in [1.82, 2.24) is 15.1 Å². The van der Waals surface area contributed by atoms with Gasteiger partial charge in [0.2, 0.25) is 0 Å². The molecule has 26 heavy (non-hydrogen) atoms. The van der Waals surface area contributed by atoms with Crippen LogP contribution in [0, 0.1) is 5.92 Å². The zero-order valence-electron chi connectivity index (χ0n) is 14.7. The van der Waals surface area contributed by atoms with Gasteiger partial charge in [-0.05, 0) is 36.6 Å². The fourth-order valence-corrected chi connectivity index (χ4v) is 3.79. The summed E-state index contributed by atoms with van der Waals surface area (Å²) < 4.78 is 1.67. The predicted molar refractivity (Wildman–Crippen MR) is 105 cm³/mol. The lowest BCUT2D eigenvalue weighted by Crippen LogP contribution is -2.36. The second kappa shape index (κ2) is 8.14. The van der Waals surface area contributed by atoms with Crippen molar-refractivity contribution in [2.75, 3.05) is 11.9 Å². The number of thioether (sulfide) groups is 1. The highest BCUT2D eigenvalue weighted by molar-refractivity contribution is 7.98. The van der Waals surface area contributed by atoms with Crippen molar-refractivity contribution >= 4 is 41.0 Å². The van der Waals surface area contributed by atoms with E-state index in [1.807, 2.05) is 12.1 Å². The van der Waals surface area contributed by atoms with Crippen LogP contribution in [-0.2, 0) is 21.1 Å². The maximum atomic E-state index is 12.3. The molecule has 0 spiro atoms. The highest BCUT2D eigenvalue weighted by Crippen LogP contribution is 2.36. The number of nitrogens with one attached hydrogen (secondary N) is 2. The number of nitrogens with zero attached hydrogens (tertiary/aromatic N) is 2. The minimum absolute atomic E-state index is 0.463. The standard InChI is InChI=1S/C18H21ClN4O2S/c1-11(2)7-8-20-17(24)18(25)21-16-14-9-26-10-15(14)22-23(16)13-5-3-12(19)4-6-13/h3-6,11H,7-10H2,1-2H3,(H,20,24)(H,21,25). The van der Waals surface area contributed by atoms with Crippen molar-refractivity contribution in [3.63, 3.8) is 0 Å². The Bertz CT molecular complexity index is 817. The van der Waals surface area contributed by atoms with Gasteiger partial charge in [0.25, 0.3) is 0 Å². The van der Waals surface area contributed by atoms with E-state index in [1.165, 1.54) is 0 Å². The third-order valence-electron chi connectivity index (χ3n) is 4.07. The number of halogens is 1. The lowest BCUT2D eigenvalue weighted by Gasteiger charge is -2.11. The topological polar surface area (TPSA) is 76.0 Å². The van der Waals surface area contributed by atoms with Crippen molar-refractivity contribution < 1.29 is 9.59 Å². The van der Waals surface area contributed by atoms with Crippen molar-refractivity contribution in [3.05, 3.63) is 40.5 Å². The first-order valence-electron chi connectivity index (χ1n) is 8.49. The summed E-state index contributed by atoms with van der Waals surface area (Å²) in [6.07, 6.45) is 0.827. The molecule has 0 fully saturated rings. The number of fused-ring (bicyclic) bond motifs is 1. The number of aromatic nitrogens is 2. The van der Waals surface area contributed by atoms with Gasteiger partial charge < -0.3 is 10.6 Å². The molecule has 8 heteroatoms. The lowest BCUT2D eigenvalue weighted by molar-refractivity contribution is -0.136. The molecule has 0 atom stereocenters. The molecule has 1 aliphatic rings. The zero-order valence-corrected chi connectivity index (χ0v) is 16.3. The molecule has 2 aromatic rings. The highest BCUT2D eigenvalue weighted by Gasteiger charge is 2.26. The van der Waals surface area contributed by atoms with E-state index in [0.29, 0.717) is 23.3 Å². The Kier molecular flexibility index (Phi) is 5.88. The Balaban J connectivity index is 1.79. The summed E-state index contributed by atoms with van der Waals surface area (Å²) in [4.78, 5) is 24.4. The first kappa shape index (κ1) is 18.8. The summed E-state index contributed by atoms with van der Waals surface area (Å²) >= 11 is 7.69. The predicted octanol–water partition coefficient (Wildman–Crippen LogP) is 3.37. The Morgan fingerprint density at radius 3 is 2.65 bits per heavy atom. The number of amides is 2. The average Bonchev–Trinajstić information content (AvgIpc) is 3.18. The molecule has 2 heterocycles. The molecule has 1 aliphatic heterocycles. The van der Waals surface area contributed by atoms with Crippen LogP contribution in [0.3, 0.4) is 0 Å². The number of carbonyl (C=O) groups is 2. The molecule has 1 aromatic carbocycles. The molecule has 0 unspecified atom stereocenters. The van der Waals surface area contributed by atoms with Crippen LogP contribution in [0.1, 0.15) is 31.5 Å². The van der Waals surface area contributed by atoms with E-state index in [4.69, 9.17) is 11.6 Å². The molecule has 0 bridgehead atoms. The normalized spacial score (nSPS) is 12.9. The Hall–Kier alpha value is -1.99. The minimum atomic E-state index is -0.677. The van der Waals surface area contributed by atoms with Crippen LogP contribution in [0.4, 0.5) is 5.82 Å². The number of hydrogen-bond donors (Lipinski definition) is 2. The van der Waals surface area contributed by atoms with Gasteiger partial charge in [0, 0.05) is 28.6 Å². The molecule has 0 saturated carbocycles. The Morgan fingerprint density at radius 2 is 1.96 bits per heavy atom. The zero-order chi connectivity index (χ0) is 18.7. The molecule has 0 radical (unpaired) electrons. The van der Waals surface area contributed by atoms with Crippen LogP contribution >= 0.6 is 23.4 Å².